The van der Waals surface area contributed by atoms with Gasteiger partial charge in [-0.15, -0.1) is 0 Å². The standard InChI is InChI=1S/C13H17BrN2O2/c14-12-6-9(4-5-15-12)13(18)16-7-10-2-1-3-11(10)8-17/h4-6,10-11,17H,1-3,7-8H2,(H,16,18). The van der Waals surface area contributed by atoms with Crippen molar-refractivity contribution in [1.82, 2.24) is 10.3 Å². The highest BCUT2D eigenvalue weighted by Crippen LogP contribution is 2.30. The molecule has 0 radical (unpaired) electrons. The minimum atomic E-state index is -0.0818. The van der Waals surface area contributed by atoms with Gasteiger partial charge in [0.2, 0.25) is 0 Å². The van der Waals surface area contributed by atoms with E-state index in [2.05, 4.69) is 26.2 Å². The number of carbonyl (C=O) groups is 1. The molecule has 1 aromatic heterocycles. The SMILES string of the molecule is O=C(NCC1CCCC1CO)c1ccnc(Br)c1. The number of aliphatic hydroxyl groups is 1. The number of nitrogens with one attached hydrogen (secondary N) is 1. The number of halogens is 1. The van der Waals surface area contributed by atoms with Crippen molar-refractivity contribution in [2.75, 3.05) is 13.2 Å². The van der Waals surface area contributed by atoms with Crippen molar-refractivity contribution in [2.45, 2.75) is 19.3 Å². The Morgan fingerprint density at radius 3 is 3.00 bits per heavy atom. The van der Waals surface area contributed by atoms with Gasteiger partial charge in [-0.1, -0.05) is 6.42 Å². The number of pyridine rings is 1. The molecule has 1 saturated carbocycles. The normalized spacial score (nSPS) is 23.0. The molecule has 1 heterocycles. The van der Waals surface area contributed by atoms with Crippen molar-refractivity contribution in [3.05, 3.63) is 28.5 Å². The second-order valence-electron chi connectivity index (χ2n) is 4.71. The second kappa shape index (κ2) is 6.29. The molecule has 1 aliphatic rings. The molecule has 0 spiro atoms. The Labute approximate surface area is 115 Å². The van der Waals surface area contributed by atoms with E-state index < -0.39 is 0 Å². The van der Waals surface area contributed by atoms with Crippen LogP contribution in [0.3, 0.4) is 0 Å². The van der Waals surface area contributed by atoms with Crippen molar-refractivity contribution in [1.29, 1.82) is 0 Å². The van der Waals surface area contributed by atoms with E-state index in [0.29, 0.717) is 28.5 Å². The lowest BCUT2D eigenvalue weighted by Crippen LogP contribution is -2.31. The third-order valence-electron chi connectivity index (χ3n) is 3.56. The molecule has 1 aliphatic carbocycles. The van der Waals surface area contributed by atoms with Crippen LogP contribution in [0.25, 0.3) is 0 Å². The number of aliphatic hydroxyl groups excluding tert-OH is 1. The van der Waals surface area contributed by atoms with Gasteiger partial charge in [0.25, 0.3) is 5.91 Å². The third-order valence-corrected chi connectivity index (χ3v) is 4.00. The first-order valence-electron chi connectivity index (χ1n) is 6.21. The van der Waals surface area contributed by atoms with Gasteiger partial charge >= 0.3 is 0 Å². The van der Waals surface area contributed by atoms with Crippen LogP contribution in [0, 0.1) is 11.8 Å². The molecule has 18 heavy (non-hydrogen) atoms. The highest BCUT2D eigenvalue weighted by molar-refractivity contribution is 9.10. The van der Waals surface area contributed by atoms with Crippen LogP contribution >= 0.6 is 15.9 Å². The lowest BCUT2D eigenvalue weighted by Gasteiger charge is -2.17. The van der Waals surface area contributed by atoms with Crippen molar-refractivity contribution < 1.29 is 9.90 Å². The molecule has 1 amide bonds. The van der Waals surface area contributed by atoms with Crippen LogP contribution in [0.5, 0.6) is 0 Å². The van der Waals surface area contributed by atoms with Crippen LogP contribution < -0.4 is 5.32 Å². The highest BCUT2D eigenvalue weighted by atomic mass is 79.9. The quantitative estimate of drug-likeness (QED) is 0.836. The van der Waals surface area contributed by atoms with Crippen molar-refractivity contribution in [2.24, 2.45) is 11.8 Å². The van der Waals surface area contributed by atoms with E-state index in [1.165, 1.54) is 0 Å². The molecule has 2 unspecified atom stereocenters. The predicted molar refractivity (Wildman–Crippen MR) is 72.2 cm³/mol. The summed E-state index contributed by atoms with van der Waals surface area (Å²) in [6.07, 6.45) is 4.90. The Morgan fingerprint density at radius 2 is 2.28 bits per heavy atom. The van der Waals surface area contributed by atoms with E-state index in [-0.39, 0.29) is 12.5 Å². The van der Waals surface area contributed by atoms with Gasteiger partial charge in [0.05, 0.1) is 0 Å². The summed E-state index contributed by atoms with van der Waals surface area (Å²) in [6, 6.07) is 3.39. The number of hydrogen-bond donors (Lipinski definition) is 2. The maximum absolute atomic E-state index is 11.9. The number of nitrogens with zero attached hydrogens (tertiary/aromatic N) is 1. The Morgan fingerprint density at radius 1 is 1.50 bits per heavy atom. The predicted octanol–water partition coefficient (Wildman–Crippen LogP) is 1.98. The number of hydrogen-bond acceptors (Lipinski definition) is 3. The smallest absolute Gasteiger partial charge is 0.251 e. The topological polar surface area (TPSA) is 62.2 Å². The van der Waals surface area contributed by atoms with Crippen molar-refractivity contribution in [3.8, 4) is 0 Å². The first kappa shape index (κ1) is 13.5. The molecule has 2 atom stereocenters. The molecule has 5 heteroatoms. The van der Waals surface area contributed by atoms with Gasteiger partial charge in [0.1, 0.15) is 4.60 Å². The summed E-state index contributed by atoms with van der Waals surface area (Å²) in [6.45, 7) is 0.866. The lowest BCUT2D eigenvalue weighted by molar-refractivity contribution is 0.0937. The summed E-state index contributed by atoms with van der Waals surface area (Å²) in [5.41, 5.74) is 0.607. The van der Waals surface area contributed by atoms with Gasteiger partial charge in [-0.3, -0.25) is 4.79 Å². The second-order valence-corrected chi connectivity index (χ2v) is 5.52. The number of aromatic nitrogens is 1. The van der Waals surface area contributed by atoms with Gasteiger partial charge in [-0.2, -0.15) is 0 Å². The summed E-state index contributed by atoms with van der Waals surface area (Å²) in [5, 5.41) is 12.2. The Balaban J connectivity index is 1.88. The largest absolute Gasteiger partial charge is 0.396 e. The van der Waals surface area contributed by atoms with E-state index >= 15 is 0 Å². The Bertz CT molecular complexity index is 425. The van der Waals surface area contributed by atoms with E-state index in [1.807, 2.05) is 0 Å². The molecule has 4 nitrogen and oxygen atoms in total. The number of rotatable bonds is 4. The van der Waals surface area contributed by atoms with E-state index in [9.17, 15) is 9.90 Å². The summed E-state index contributed by atoms with van der Waals surface area (Å²) < 4.78 is 0.657. The maximum Gasteiger partial charge on any atom is 0.251 e. The summed E-state index contributed by atoms with van der Waals surface area (Å²) in [5.74, 6) is 0.667. The number of carbonyl (C=O) groups excluding carboxylic acids is 1. The zero-order chi connectivity index (χ0) is 13.0. The Kier molecular flexibility index (Phi) is 4.72. The van der Waals surface area contributed by atoms with Crippen LogP contribution in [0.2, 0.25) is 0 Å². The lowest BCUT2D eigenvalue weighted by atomic mass is 9.97. The van der Waals surface area contributed by atoms with Gasteiger partial charge in [-0.25, -0.2) is 4.98 Å². The van der Waals surface area contributed by atoms with Gasteiger partial charge in [0, 0.05) is 24.9 Å². The molecule has 98 valence electrons. The summed E-state index contributed by atoms with van der Waals surface area (Å²) in [7, 11) is 0. The monoisotopic (exact) mass is 312 g/mol. The molecule has 0 aromatic carbocycles. The minimum absolute atomic E-state index is 0.0818. The molecule has 2 N–H and O–H groups in total. The van der Waals surface area contributed by atoms with Crippen LogP contribution in [0.15, 0.2) is 22.9 Å². The van der Waals surface area contributed by atoms with E-state index in [0.717, 1.165) is 19.3 Å². The first-order valence-corrected chi connectivity index (χ1v) is 7.00. The highest BCUT2D eigenvalue weighted by Gasteiger charge is 2.26. The zero-order valence-corrected chi connectivity index (χ0v) is 11.7. The van der Waals surface area contributed by atoms with Gasteiger partial charge < -0.3 is 10.4 Å². The summed E-state index contributed by atoms with van der Waals surface area (Å²) in [4.78, 5) is 15.9. The first-order chi connectivity index (χ1) is 8.70. The average molecular weight is 313 g/mol. The molecule has 1 aromatic rings. The van der Waals surface area contributed by atoms with E-state index in [1.54, 1.807) is 18.3 Å². The van der Waals surface area contributed by atoms with Gasteiger partial charge in [0.15, 0.2) is 0 Å². The molecular weight excluding hydrogens is 296 g/mol. The minimum Gasteiger partial charge on any atom is -0.396 e. The number of amides is 1. The maximum atomic E-state index is 11.9. The molecule has 0 saturated heterocycles. The van der Waals surface area contributed by atoms with Crippen molar-refractivity contribution in [3.63, 3.8) is 0 Å². The molecule has 2 rings (SSSR count). The molecule has 1 fully saturated rings. The van der Waals surface area contributed by atoms with Crippen molar-refractivity contribution >= 4 is 21.8 Å². The van der Waals surface area contributed by atoms with Crippen LogP contribution in [0.4, 0.5) is 0 Å². The molecule has 0 aliphatic heterocycles. The molecular formula is C13H17BrN2O2. The zero-order valence-electron chi connectivity index (χ0n) is 10.1. The van der Waals surface area contributed by atoms with E-state index in [4.69, 9.17) is 0 Å². The summed E-state index contributed by atoms with van der Waals surface area (Å²) >= 11 is 3.24. The van der Waals surface area contributed by atoms with Crippen LogP contribution in [0.1, 0.15) is 29.6 Å². The fourth-order valence-corrected chi connectivity index (χ4v) is 2.86. The third kappa shape index (κ3) is 3.29. The average Bonchev–Trinajstić information content (AvgIpc) is 2.83. The van der Waals surface area contributed by atoms with Crippen LogP contribution in [-0.4, -0.2) is 29.1 Å². The molecule has 0 bridgehead atoms. The fourth-order valence-electron chi connectivity index (χ4n) is 2.49. The van der Waals surface area contributed by atoms with Crippen LogP contribution in [-0.2, 0) is 0 Å². The van der Waals surface area contributed by atoms with Gasteiger partial charge in [-0.05, 0) is 52.7 Å². The fraction of sp³-hybridized carbons (Fsp3) is 0.538. The Hall–Kier alpha value is -0.940.